The third-order valence-corrected chi connectivity index (χ3v) is 5.86. The van der Waals surface area contributed by atoms with Crippen LogP contribution >= 0.6 is 24.8 Å². The van der Waals surface area contributed by atoms with Crippen LogP contribution in [0.25, 0.3) is 0 Å². The van der Waals surface area contributed by atoms with Gasteiger partial charge in [-0.3, -0.25) is 4.79 Å². The van der Waals surface area contributed by atoms with Gasteiger partial charge < -0.3 is 15.2 Å². The molecule has 7 heteroatoms. The van der Waals surface area contributed by atoms with E-state index in [-0.39, 0.29) is 36.1 Å². The Morgan fingerprint density at radius 1 is 1.30 bits per heavy atom. The number of hydrogen-bond donors (Lipinski definition) is 2. The van der Waals surface area contributed by atoms with E-state index in [4.69, 9.17) is 0 Å². The minimum Gasteiger partial charge on any atom is -0.351 e. The van der Waals surface area contributed by atoms with Crippen molar-refractivity contribution in [3.63, 3.8) is 0 Å². The second kappa shape index (κ2) is 9.58. The normalized spacial score (nSPS) is 23.6. The Balaban J connectivity index is 0.00000131. The van der Waals surface area contributed by atoms with Crippen molar-refractivity contribution in [2.24, 2.45) is 11.3 Å². The quantitative estimate of drug-likeness (QED) is 0.795. The van der Waals surface area contributed by atoms with Gasteiger partial charge in [0.05, 0.1) is 11.7 Å². The number of hydrogen-bond acceptors (Lipinski definition) is 3. The molecule has 2 aliphatic rings. The van der Waals surface area contributed by atoms with Crippen molar-refractivity contribution < 1.29 is 4.79 Å². The fraction of sp³-hybridized carbons (Fsp3) is 0.500. The maximum Gasteiger partial charge on any atom is 0.228 e. The Kier molecular flexibility index (Phi) is 7.71. The summed E-state index contributed by atoms with van der Waals surface area (Å²) in [7, 11) is 0. The number of nitrogens with one attached hydrogen (secondary N) is 2. The van der Waals surface area contributed by atoms with Crippen LogP contribution in [-0.4, -0.2) is 28.5 Å². The lowest BCUT2D eigenvalue weighted by Gasteiger charge is -2.37. The van der Waals surface area contributed by atoms with Crippen molar-refractivity contribution in [3.05, 3.63) is 54.1 Å². The van der Waals surface area contributed by atoms with E-state index < -0.39 is 0 Å². The molecule has 1 aliphatic carbocycles. The summed E-state index contributed by atoms with van der Waals surface area (Å²) in [6.07, 6.45) is 10.2. The van der Waals surface area contributed by atoms with E-state index >= 15 is 0 Å². The van der Waals surface area contributed by atoms with Crippen molar-refractivity contribution in [1.29, 1.82) is 0 Å². The zero-order chi connectivity index (χ0) is 17.1. The van der Waals surface area contributed by atoms with Crippen LogP contribution in [0, 0.1) is 11.3 Å². The van der Waals surface area contributed by atoms with Crippen molar-refractivity contribution in [2.45, 2.75) is 38.8 Å². The maximum absolute atomic E-state index is 13.0. The van der Waals surface area contributed by atoms with Gasteiger partial charge in [0.1, 0.15) is 0 Å². The van der Waals surface area contributed by atoms with Crippen molar-refractivity contribution in [3.8, 4) is 0 Å². The lowest BCUT2D eigenvalue weighted by Crippen LogP contribution is -2.47. The molecule has 2 heterocycles. The highest BCUT2D eigenvalue weighted by Gasteiger charge is 2.49. The molecule has 0 radical (unpaired) electrons. The lowest BCUT2D eigenvalue weighted by atomic mass is 9.67. The molecule has 148 valence electrons. The van der Waals surface area contributed by atoms with E-state index in [1.807, 2.05) is 17.1 Å². The fourth-order valence-corrected chi connectivity index (χ4v) is 4.48. The van der Waals surface area contributed by atoms with Gasteiger partial charge in [0.15, 0.2) is 0 Å². The Morgan fingerprint density at radius 3 is 2.96 bits per heavy atom. The summed E-state index contributed by atoms with van der Waals surface area (Å²) in [5.74, 6) is 0.746. The Hall–Kier alpha value is -1.56. The zero-order valence-electron chi connectivity index (χ0n) is 15.4. The van der Waals surface area contributed by atoms with Gasteiger partial charge in [-0.15, -0.1) is 24.8 Å². The standard InChI is InChI=1S/C20H26N4O.2ClH/c25-19(20-7-2-1-6-18(20)12-22-14-20)23-11-16-4-3-5-17(10-16)13-24-9-8-21-15-24;;/h3-5,8-10,15,18,22H,1-2,6-7,11-14H2,(H,23,25);2*1H/t18-,20+;;/m0../s1. The molecule has 1 aromatic heterocycles. The fourth-order valence-electron chi connectivity index (χ4n) is 4.48. The molecular formula is C20H28Cl2N4O. The summed E-state index contributed by atoms with van der Waals surface area (Å²) in [6, 6.07) is 8.43. The third-order valence-electron chi connectivity index (χ3n) is 5.86. The number of aromatic nitrogens is 2. The van der Waals surface area contributed by atoms with Crippen molar-refractivity contribution in [1.82, 2.24) is 20.2 Å². The van der Waals surface area contributed by atoms with Crippen LogP contribution in [-0.2, 0) is 17.9 Å². The van der Waals surface area contributed by atoms with Crippen molar-refractivity contribution in [2.75, 3.05) is 13.1 Å². The molecule has 1 saturated carbocycles. The molecule has 0 spiro atoms. The molecule has 2 N–H and O–H groups in total. The third kappa shape index (κ3) is 4.65. The molecule has 0 unspecified atom stereocenters. The smallest absolute Gasteiger partial charge is 0.228 e. The predicted molar refractivity (Wildman–Crippen MR) is 111 cm³/mol. The Bertz CT molecular complexity index is 737. The first-order chi connectivity index (χ1) is 12.3. The highest BCUT2D eigenvalue weighted by Crippen LogP contribution is 2.43. The van der Waals surface area contributed by atoms with Crippen LogP contribution in [0.15, 0.2) is 43.0 Å². The highest BCUT2D eigenvalue weighted by molar-refractivity contribution is 5.85. The summed E-state index contributed by atoms with van der Waals surface area (Å²) in [5, 5.41) is 6.67. The Labute approximate surface area is 173 Å². The molecule has 1 aromatic carbocycles. The van der Waals surface area contributed by atoms with Gasteiger partial charge in [0.25, 0.3) is 0 Å². The number of fused-ring (bicyclic) bond motifs is 1. The van der Waals surface area contributed by atoms with E-state index in [0.29, 0.717) is 12.5 Å². The van der Waals surface area contributed by atoms with Crippen LogP contribution in [0.2, 0.25) is 0 Å². The van der Waals surface area contributed by atoms with Crippen LogP contribution in [0.4, 0.5) is 0 Å². The van der Waals surface area contributed by atoms with Crippen LogP contribution in [0.1, 0.15) is 36.8 Å². The average molecular weight is 411 g/mol. The molecule has 5 nitrogen and oxygen atoms in total. The summed E-state index contributed by atoms with van der Waals surface area (Å²) < 4.78 is 2.05. The second-order valence-corrected chi connectivity index (χ2v) is 7.47. The number of nitrogens with zero attached hydrogens (tertiary/aromatic N) is 2. The molecule has 27 heavy (non-hydrogen) atoms. The minimum atomic E-state index is -0.174. The molecule has 0 bridgehead atoms. The molecule has 2 fully saturated rings. The van der Waals surface area contributed by atoms with Crippen LogP contribution in [0.3, 0.4) is 0 Å². The summed E-state index contributed by atoms with van der Waals surface area (Å²) in [6.45, 7) is 3.24. The van der Waals surface area contributed by atoms with E-state index in [2.05, 4.69) is 39.9 Å². The first-order valence-corrected chi connectivity index (χ1v) is 9.29. The van der Waals surface area contributed by atoms with Gasteiger partial charge in [0, 0.05) is 32.0 Å². The molecule has 1 saturated heterocycles. The largest absolute Gasteiger partial charge is 0.351 e. The van der Waals surface area contributed by atoms with Gasteiger partial charge in [-0.1, -0.05) is 37.1 Å². The minimum absolute atomic E-state index is 0. The van der Waals surface area contributed by atoms with E-state index in [0.717, 1.165) is 31.6 Å². The van der Waals surface area contributed by atoms with Crippen molar-refractivity contribution >= 4 is 30.7 Å². The van der Waals surface area contributed by atoms with Gasteiger partial charge in [0.2, 0.25) is 5.91 Å². The van der Waals surface area contributed by atoms with E-state index in [9.17, 15) is 4.79 Å². The lowest BCUT2D eigenvalue weighted by molar-refractivity contribution is -0.134. The SMILES string of the molecule is Cl.Cl.O=C(NCc1cccc(Cn2ccnc2)c1)[C@@]12CCCC[C@H]1CNC2. The molecule has 1 amide bonds. The first kappa shape index (κ1) is 21.7. The molecule has 4 rings (SSSR count). The molecule has 1 aliphatic heterocycles. The van der Waals surface area contributed by atoms with Gasteiger partial charge in [-0.2, -0.15) is 0 Å². The summed E-state index contributed by atoms with van der Waals surface area (Å²) in [4.78, 5) is 17.0. The summed E-state index contributed by atoms with van der Waals surface area (Å²) >= 11 is 0. The van der Waals surface area contributed by atoms with Gasteiger partial charge in [-0.05, 0) is 36.4 Å². The van der Waals surface area contributed by atoms with Crippen LogP contribution < -0.4 is 10.6 Å². The maximum atomic E-state index is 13.0. The number of rotatable bonds is 5. The topological polar surface area (TPSA) is 59.0 Å². The number of halogens is 2. The monoisotopic (exact) mass is 410 g/mol. The molecular weight excluding hydrogens is 383 g/mol. The Morgan fingerprint density at radius 2 is 2.15 bits per heavy atom. The number of benzene rings is 1. The van der Waals surface area contributed by atoms with E-state index in [1.165, 1.54) is 24.8 Å². The van der Waals surface area contributed by atoms with E-state index in [1.54, 1.807) is 6.20 Å². The number of carbonyl (C=O) groups excluding carboxylic acids is 1. The number of carbonyl (C=O) groups is 1. The van der Waals surface area contributed by atoms with Gasteiger partial charge in [-0.25, -0.2) is 4.98 Å². The first-order valence-electron chi connectivity index (χ1n) is 9.29. The number of imidazole rings is 1. The zero-order valence-corrected chi connectivity index (χ0v) is 17.0. The number of amides is 1. The highest BCUT2D eigenvalue weighted by atomic mass is 35.5. The molecule has 2 atom stereocenters. The molecule has 2 aromatic rings. The average Bonchev–Trinajstić information content (AvgIpc) is 3.30. The van der Waals surface area contributed by atoms with Crippen LogP contribution in [0.5, 0.6) is 0 Å². The second-order valence-electron chi connectivity index (χ2n) is 7.47. The van der Waals surface area contributed by atoms with Gasteiger partial charge >= 0.3 is 0 Å². The predicted octanol–water partition coefficient (Wildman–Crippen LogP) is 3.17. The summed E-state index contributed by atoms with van der Waals surface area (Å²) in [5.41, 5.74) is 2.20.